The molecule has 2 fully saturated rings. The van der Waals surface area contributed by atoms with Gasteiger partial charge in [-0.3, -0.25) is 14.6 Å². The summed E-state index contributed by atoms with van der Waals surface area (Å²) in [6.45, 7) is 2.05. The lowest BCUT2D eigenvalue weighted by Gasteiger charge is -2.18. The van der Waals surface area contributed by atoms with E-state index in [0.717, 1.165) is 24.0 Å². The van der Waals surface area contributed by atoms with E-state index in [0.29, 0.717) is 82.1 Å². The minimum atomic E-state index is -0.476. The number of methoxy groups -OCH3 is 2. The predicted octanol–water partition coefficient (Wildman–Crippen LogP) is 6.36. The Hall–Kier alpha value is -4.42. The minimum absolute atomic E-state index is 0.0333. The van der Waals surface area contributed by atoms with Gasteiger partial charge in [0.2, 0.25) is 11.8 Å². The molecule has 2 atom stereocenters. The van der Waals surface area contributed by atoms with Gasteiger partial charge in [0.1, 0.15) is 17.2 Å². The number of anilines is 2. The molecule has 4 aromatic rings. The molecule has 0 unspecified atom stereocenters. The number of carbonyl (C=O) groups excluding carboxylic acids is 2. The average Bonchev–Trinajstić information content (AvgIpc) is 3.74. The highest BCUT2D eigenvalue weighted by atomic mass is 35.5. The highest BCUT2D eigenvalue weighted by molar-refractivity contribution is 6.39. The monoisotopic (exact) mass is 720 g/mol. The van der Waals surface area contributed by atoms with Crippen molar-refractivity contribution in [2.24, 2.45) is 0 Å². The third kappa shape index (κ3) is 7.97. The van der Waals surface area contributed by atoms with Crippen LogP contribution in [0.25, 0.3) is 22.4 Å². The third-order valence-corrected chi connectivity index (χ3v) is 9.77. The van der Waals surface area contributed by atoms with Gasteiger partial charge in [0, 0.05) is 85.1 Å². The van der Waals surface area contributed by atoms with E-state index < -0.39 is 5.82 Å². The normalized spacial score (nSPS) is 17.1. The molecule has 262 valence electrons. The van der Waals surface area contributed by atoms with Crippen LogP contribution in [0, 0.1) is 5.82 Å². The van der Waals surface area contributed by atoms with Crippen LogP contribution in [0.4, 0.5) is 15.8 Å². The van der Waals surface area contributed by atoms with Crippen molar-refractivity contribution in [1.29, 1.82) is 0 Å². The van der Waals surface area contributed by atoms with E-state index in [2.05, 4.69) is 31.6 Å². The van der Waals surface area contributed by atoms with Crippen LogP contribution in [0.3, 0.4) is 0 Å². The van der Waals surface area contributed by atoms with E-state index in [1.165, 1.54) is 7.11 Å². The Kier molecular flexibility index (Phi) is 11.4. The summed E-state index contributed by atoms with van der Waals surface area (Å²) in [6, 6.07) is 16.5. The molecule has 2 aliphatic heterocycles. The Morgan fingerprint density at radius 2 is 1.46 bits per heavy atom. The van der Waals surface area contributed by atoms with E-state index in [1.807, 2.05) is 30.3 Å². The van der Waals surface area contributed by atoms with Gasteiger partial charge in [-0.2, -0.15) is 0 Å². The molecule has 2 saturated heterocycles. The van der Waals surface area contributed by atoms with Crippen molar-refractivity contribution in [3.8, 4) is 33.9 Å². The lowest BCUT2D eigenvalue weighted by atomic mass is 10.0. The number of pyridine rings is 1. The van der Waals surface area contributed by atoms with E-state index >= 15 is 4.39 Å². The highest BCUT2D eigenvalue weighted by Crippen LogP contribution is 2.43. The SMILES string of the molecule is COc1cc(-c2nccc(-c3cccc(Nc4c(OC)ccc(CNC[C@H]5CCC(=O)N5)c4F)c3Cl)c2Cl)ccc1CNC[C@H]1CCC(=O)N1. The minimum Gasteiger partial charge on any atom is -0.496 e. The molecule has 0 spiro atoms. The van der Waals surface area contributed by atoms with Gasteiger partial charge < -0.3 is 36.1 Å². The van der Waals surface area contributed by atoms with Gasteiger partial charge in [-0.05, 0) is 37.1 Å². The summed E-state index contributed by atoms with van der Waals surface area (Å²) in [7, 11) is 3.09. The summed E-state index contributed by atoms with van der Waals surface area (Å²) >= 11 is 14.0. The molecule has 6 rings (SSSR count). The molecule has 0 aliphatic carbocycles. The van der Waals surface area contributed by atoms with E-state index in [4.69, 9.17) is 32.7 Å². The quantitative estimate of drug-likeness (QED) is 0.102. The first-order valence-electron chi connectivity index (χ1n) is 16.5. The Balaban J connectivity index is 1.21. The standard InChI is InChI=1S/C37H39Cl2FN6O4/c1-49-29-11-8-23(18-42-20-25-10-13-32(48)45-25)35(40)37(29)46-28-5-3-4-26(33(28)38)27-14-15-43-36(34(27)39)21-6-7-22(30(16-21)50-2)17-41-19-24-9-12-31(47)44-24/h3-8,11,14-16,24-25,41-42,46H,9-10,12-13,17-20H2,1-2H3,(H,44,47)(H,45,48)/t24-,25-/m1/s1. The van der Waals surface area contributed by atoms with Gasteiger partial charge in [0.25, 0.3) is 0 Å². The number of hydrogen-bond donors (Lipinski definition) is 5. The van der Waals surface area contributed by atoms with Crippen molar-refractivity contribution in [3.63, 3.8) is 0 Å². The zero-order valence-electron chi connectivity index (χ0n) is 27.8. The van der Waals surface area contributed by atoms with Gasteiger partial charge in [-0.15, -0.1) is 0 Å². The molecule has 0 saturated carbocycles. The molecule has 10 nitrogen and oxygen atoms in total. The van der Waals surface area contributed by atoms with Crippen LogP contribution in [0.5, 0.6) is 11.5 Å². The van der Waals surface area contributed by atoms with Crippen LogP contribution in [-0.2, 0) is 22.7 Å². The number of hydrogen-bond acceptors (Lipinski definition) is 8. The fourth-order valence-corrected chi connectivity index (χ4v) is 6.91. The molecular weight excluding hydrogens is 682 g/mol. The predicted molar refractivity (Wildman–Crippen MR) is 194 cm³/mol. The Morgan fingerprint density at radius 3 is 2.10 bits per heavy atom. The number of nitrogens with zero attached hydrogens (tertiary/aromatic N) is 1. The summed E-state index contributed by atoms with van der Waals surface area (Å²) in [5.41, 5.74) is 4.60. The molecule has 5 N–H and O–H groups in total. The van der Waals surface area contributed by atoms with Crippen molar-refractivity contribution >= 4 is 46.4 Å². The lowest BCUT2D eigenvalue weighted by molar-refractivity contribution is -0.120. The van der Waals surface area contributed by atoms with Crippen LogP contribution in [0.2, 0.25) is 10.0 Å². The van der Waals surface area contributed by atoms with Gasteiger partial charge in [0.15, 0.2) is 5.82 Å². The maximum absolute atomic E-state index is 15.9. The fourth-order valence-electron chi connectivity index (χ4n) is 6.31. The zero-order chi connectivity index (χ0) is 35.2. The summed E-state index contributed by atoms with van der Waals surface area (Å²) in [5, 5.41) is 16.4. The van der Waals surface area contributed by atoms with Crippen LogP contribution < -0.4 is 36.1 Å². The molecule has 1 aromatic heterocycles. The van der Waals surface area contributed by atoms with Crippen molar-refractivity contribution in [1.82, 2.24) is 26.3 Å². The number of rotatable bonds is 14. The number of ether oxygens (including phenoxy) is 2. The van der Waals surface area contributed by atoms with E-state index in [-0.39, 0.29) is 36.1 Å². The molecule has 3 aromatic carbocycles. The number of aromatic nitrogens is 1. The van der Waals surface area contributed by atoms with E-state index in [9.17, 15) is 9.59 Å². The molecule has 3 heterocycles. The Morgan fingerprint density at radius 1 is 0.820 bits per heavy atom. The van der Waals surface area contributed by atoms with Crippen LogP contribution in [0.15, 0.2) is 60.8 Å². The lowest BCUT2D eigenvalue weighted by Crippen LogP contribution is -2.35. The molecule has 0 radical (unpaired) electrons. The number of halogens is 3. The van der Waals surface area contributed by atoms with Crippen LogP contribution in [0.1, 0.15) is 36.8 Å². The third-order valence-electron chi connectivity index (χ3n) is 8.98. The van der Waals surface area contributed by atoms with Gasteiger partial charge in [-0.1, -0.05) is 53.5 Å². The highest BCUT2D eigenvalue weighted by Gasteiger charge is 2.23. The number of nitrogens with one attached hydrogen (secondary N) is 5. The molecule has 2 amide bonds. The Bertz CT molecular complexity index is 1890. The van der Waals surface area contributed by atoms with Crippen molar-refractivity contribution in [2.75, 3.05) is 32.6 Å². The average molecular weight is 722 g/mol. The van der Waals surface area contributed by atoms with Gasteiger partial charge in [0.05, 0.1) is 35.6 Å². The topological polar surface area (TPSA) is 126 Å². The molecule has 2 aliphatic rings. The maximum atomic E-state index is 15.9. The second-order valence-electron chi connectivity index (χ2n) is 12.3. The maximum Gasteiger partial charge on any atom is 0.220 e. The number of carbonyl (C=O) groups is 2. The van der Waals surface area contributed by atoms with Crippen molar-refractivity contribution in [3.05, 3.63) is 87.8 Å². The molecule has 50 heavy (non-hydrogen) atoms. The fraction of sp³-hybridized carbons (Fsp3) is 0.324. The van der Waals surface area contributed by atoms with Crippen molar-refractivity contribution in [2.45, 2.75) is 50.9 Å². The number of benzene rings is 3. The second kappa shape index (κ2) is 16.1. The van der Waals surface area contributed by atoms with E-state index in [1.54, 1.807) is 37.6 Å². The van der Waals surface area contributed by atoms with Crippen LogP contribution >= 0.6 is 23.2 Å². The first-order chi connectivity index (χ1) is 24.2. The summed E-state index contributed by atoms with van der Waals surface area (Å²) < 4.78 is 27.1. The second-order valence-corrected chi connectivity index (χ2v) is 13.1. The first kappa shape index (κ1) is 35.4. The smallest absolute Gasteiger partial charge is 0.220 e. The summed E-state index contributed by atoms with van der Waals surface area (Å²) in [5.74, 6) is 0.645. The summed E-state index contributed by atoms with van der Waals surface area (Å²) in [4.78, 5) is 27.6. The molecule has 0 bridgehead atoms. The molecule has 13 heteroatoms. The number of amides is 2. The first-order valence-corrected chi connectivity index (χ1v) is 17.2. The molecular formula is C37H39Cl2FN6O4. The van der Waals surface area contributed by atoms with Crippen LogP contribution in [-0.4, -0.2) is 56.2 Å². The zero-order valence-corrected chi connectivity index (χ0v) is 29.3. The van der Waals surface area contributed by atoms with Crippen molar-refractivity contribution < 1.29 is 23.5 Å². The van der Waals surface area contributed by atoms with Gasteiger partial charge >= 0.3 is 0 Å². The summed E-state index contributed by atoms with van der Waals surface area (Å²) in [6.07, 6.45) is 4.32. The largest absolute Gasteiger partial charge is 0.496 e. The van der Waals surface area contributed by atoms with Gasteiger partial charge in [-0.25, -0.2) is 4.39 Å². The Labute approximate surface area is 300 Å².